The van der Waals surface area contributed by atoms with E-state index in [9.17, 15) is 13.2 Å². The van der Waals surface area contributed by atoms with Gasteiger partial charge in [-0.1, -0.05) is 42.5 Å². The first-order chi connectivity index (χ1) is 10.5. The zero-order valence-electron chi connectivity index (χ0n) is 11.8. The molecule has 1 N–H and O–H groups in total. The van der Waals surface area contributed by atoms with Gasteiger partial charge in [0.05, 0.1) is 0 Å². The van der Waals surface area contributed by atoms with E-state index in [1.165, 1.54) is 17.7 Å². The molecule has 1 aliphatic rings. The molecule has 0 aliphatic heterocycles. The predicted octanol–water partition coefficient (Wildman–Crippen LogP) is 4.23. The second-order valence-electron chi connectivity index (χ2n) is 5.43. The Morgan fingerprint density at radius 1 is 1.00 bits per heavy atom. The van der Waals surface area contributed by atoms with Gasteiger partial charge in [0.15, 0.2) is 0 Å². The summed E-state index contributed by atoms with van der Waals surface area (Å²) in [5.74, 6) is 0.346. The minimum absolute atomic E-state index is 0.190. The maximum absolute atomic E-state index is 12.1. The van der Waals surface area contributed by atoms with E-state index >= 15 is 0 Å². The van der Waals surface area contributed by atoms with Gasteiger partial charge in [0.2, 0.25) is 0 Å². The monoisotopic (exact) mass is 307 g/mol. The summed E-state index contributed by atoms with van der Waals surface area (Å²) in [5, 5.41) is 3.43. The second kappa shape index (κ2) is 6.01. The molecule has 2 atom stereocenters. The van der Waals surface area contributed by atoms with Crippen LogP contribution in [-0.2, 0) is 6.54 Å². The molecule has 2 nitrogen and oxygen atoms in total. The summed E-state index contributed by atoms with van der Waals surface area (Å²) in [5.41, 5.74) is 2.27. The van der Waals surface area contributed by atoms with Crippen LogP contribution < -0.4 is 10.1 Å². The first kappa shape index (κ1) is 14.9. The summed E-state index contributed by atoms with van der Waals surface area (Å²) in [7, 11) is 0. The molecular weight excluding hydrogens is 291 g/mol. The van der Waals surface area contributed by atoms with Crippen molar-refractivity contribution in [2.24, 2.45) is 0 Å². The van der Waals surface area contributed by atoms with Gasteiger partial charge in [-0.05, 0) is 29.7 Å². The van der Waals surface area contributed by atoms with Crippen LogP contribution in [0, 0.1) is 0 Å². The highest BCUT2D eigenvalue weighted by molar-refractivity contribution is 5.29. The van der Waals surface area contributed by atoms with Gasteiger partial charge < -0.3 is 10.1 Å². The summed E-state index contributed by atoms with van der Waals surface area (Å²) in [6, 6.07) is 16.7. The van der Waals surface area contributed by atoms with Gasteiger partial charge in [-0.3, -0.25) is 0 Å². The average Bonchev–Trinajstić information content (AvgIpc) is 3.26. The topological polar surface area (TPSA) is 21.3 Å². The Balaban J connectivity index is 1.49. The summed E-state index contributed by atoms with van der Waals surface area (Å²) >= 11 is 0. The lowest BCUT2D eigenvalue weighted by Crippen LogP contribution is -2.18. The van der Waals surface area contributed by atoms with Crippen molar-refractivity contribution in [2.75, 3.05) is 0 Å². The Bertz CT molecular complexity index is 610. The predicted molar refractivity (Wildman–Crippen MR) is 77.6 cm³/mol. The van der Waals surface area contributed by atoms with Gasteiger partial charge >= 0.3 is 6.36 Å². The lowest BCUT2D eigenvalue weighted by molar-refractivity contribution is -0.274. The molecule has 2 aromatic rings. The molecule has 22 heavy (non-hydrogen) atoms. The van der Waals surface area contributed by atoms with Crippen molar-refractivity contribution >= 4 is 0 Å². The first-order valence-corrected chi connectivity index (χ1v) is 7.14. The second-order valence-corrected chi connectivity index (χ2v) is 5.43. The third kappa shape index (κ3) is 4.01. The van der Waals surface area contributed by atoms with Crippen molar-refractivity contribution < 1.29 is 17.9 Å². The van der Waals surface area contributed by atoms with Crippen molar-refractivity contribution in [1.29, 1.82) is 0 Å². The Hall–Kier alpha value is -2.01. The fourth-order valence-corrected chi connectivity index (χ4v) is 2.55. The van der Waals surface area contributed by atoms with Crippen LogP contribution in [0.1, 0.15) is 23.5 Å². The van der Waals surface area contributed by atoms with Gasteiger partial charge in [0.1, 0.15) is 5.75 Å². The average molecular weight is 307 g/mol. The fourth-order valence-electron chi connectivity index (χ4n) is 2.55. The molecule has 1 fully saturated rings. The maximum atomic E-state index is 12.1. The van der Waals surface area contributed by atoms with Gasteiger partial charge in [0.25, 0.3) is 0 Å². The molecule has 0 heterocycles. The summed E-state index contributed by atoms with van der Waals surface area (Å²) < 4.78 is 40.1. The van der Waals surface area contributed by atoms with Crippen molar-refractivity contribution in [3.63, 3.8) is 0 Å². The molecular formula is C17H16F3NO. The lowest BCUT2D eigenvalue weighted by Gasteiger charge is -2.09. The summed E-state index contributed by atoms with van der Waals surface area (Å²) in [6.45, 7) is 0.639. The number of hydrogen-bond donors (Lipinski definition) is 1. The molecule has 0 radical (unpaired) electrons. The van der Waals surface area contributed by atoms with Crippen molar-refractivity contribution in [3.8, 4) is 5.75 Å². The number of hydrogen-bond acceptors (Lipinski definition) is 2. The minimum atomic E-state index is -4.64. The molecule has 0 bridgehead atoms. The molecule has 0 amide bonds. The molecule has 0 spiro atoms. The van der Waals surface area contributed by atoms with E-state index in [1.54, 1.807) is 12.1 Å². The van der Waals surface area contributed by atoms with E-state index in [2.05, 4.69) is 22.2 Å². The zero-order valence-corrected chi connectivity index (χ0v) is 11.8. The minimum Gasteiger partial charge on any atom is -0.406 e. The van der Waals surface area contributed by atoms with Gasteiger partial charge in [0, 0.05) is 18.5 Å². The molecule has 3 rings (SSSR count). The summed E-state index contributed by atoms with van der Waals surface area (Å²) in [4.78, 5) is 0. The zero-order chi connectivity index (χ0) is 15.6. The number of halogens is 3. The van der Waals surface area contributed by atoms with Crippen molar-refractivity contribution in [2.45, 2.75) is 31.3 Å². The fraction of sp³-hybridized carbons (Fsp3) is 0.294. The highest BCUT2D eigenvalue weighted by Gasteiger charge is 2.37. The Kier molecular flexibility index (Phi) is 4.07. The SMILES string of the molecule is FC(F)(F)Oc1ccc(CN[C@@H]2C[C@H]2c2ccccc2)cc1. The van der Waals surface area contributed by atoms with E-state index in [1.807, 2.05) is 18.2 Å². The van der Waals surface area contributed by atoms with Crippen LogP contribution in [0.25, 0.3) is 0 Å². The van der Waals surface area contributed by atoms with Crippen LogP contribution in [-0.4, -0.2) is 12.4 Å². The van der Waals surface area contributed by atoms with E-state index in [-0.39, 0.29) is 5.75 Å². The van der Waals surface area contributed by atoms with Gasteiger partial charge in [-0.25, -0.2) is 0 Å². The number of alkyl halides is 3. The smallest absolute Gasteiger partial charge is 0.406 e. The van der Waals surface area contributed by atoms with Gasteiger partial charge in [-0.15, -0.1) is 13.2 Å². The highest BCUT2D eigenvalue weighted by Crippen LogP contribution is 2.40. The van der Waals surface area contributed by atoms with Crippen LogP contribution in [0.3, 0.4) is 0 Å². The number of rotatable bonds is 5. The van der Waals surface area contributed by atoms with Crippen LogP contribution in [0.5, 0.6) is 5.75 Å². The number of nitrogens with one attached hydrogen (secondary N) is 1. The third-order valence-corrected chi connectivity index (χ3v) is 3.74. The third-order valence-electron chi connectivity index (χ3n) is 3.74. The maximum Gasteiger partial charge on any atom is 0.573 e. The number of ether oxygens (including phenoxy) is 1. The van der Waals surface area contributed by atoms with Crippen molar-refractivity contribution in [1.82, 2.24) is 5.32 Å². The van der Waals surface area contributed by atoms with Crippen LogP contribution >= 0.6 is 0 Å². The summed E-state index contributed by atoms with van der Waals surface area (Å²) in [6.07, 6.45) is -3.55. The largest absolute Gasteiger partial charge is 0.573 e. The molecule has 1 aliphatic carbocycles. The van der Waals surface area contributed by atoms with Crippen LogP contribution in [0.2, 0.25) is 0 Å². The lowest BCUT2D eigenvalue weighted by atomic mass is 10.1. The Morgan fingerprint density at radius 2 is 1.68 bits per heavy atom. The molecule has 5 heteroatoms. The van der Waals surface area contributed by atoms with E-state index in [4.69, 9.17) is 0 Å². The molecule has 116 valence electrons. The van der Waals surface area contributed by atoms with E-state index < -0.39 is 6.36 Å². The molecule has 0 unspecified atom stereocenters. The normalized spacial score (nSPS) is 20.7. The molecule has 0 aromatic heterocycles. The standard InChI is InChI=1S/C17H16F3NO/c18-17(19,20)22-14-8-6-12(7-9-14)11-21-16-10-15(16)13-4-2-1-3-5-13/h1-9,15-16,21H,10-11H2/t15-,16+/m0/s1. The molecule has 2 aromatic carbocycles. The van der Waals surface area contributed by atoms with Gasteiger partial charge in [-0.2, -0.15) is 0 Å². The van der Waals surface area contributed by atoms with Crippen molar-refractivity contribution in [3.05, 3.63) is 65.7 Å². The highest BCUT2D eigenvalue weighted by atomic mass is 19.4. The first-order valence-electron chi connectivity index (χ1n) is 7.14. The Morgan fingerprint density at radius 3 is 2.32 bits per heavy atom. The van der Waals surface area contributed by atoms with Crippen LogP contribution in [0.4, 0.5) is 13.2 Å². The number of benzene rings is 2. The van der Waals surface area contributed by atoms with E-state index in [0.29, 0.717) is 18.5 Å². The quantitative estimate of drug-likeness (QED) is 0.892. The molecule has 0 saturated heterocycles. The Labute approximate surface area is 126 Å². The molecule has 1 saturated carbocycles. The van der Waals surface area contributed by atoms with E-state index in [0.717, 1.165) is 12.0 Å². The van der Waals surface area contributed by atoms with Crippen LogP contribution in [0.15, 0.2) is 54.6 Å².